The number of aromatic nitrogens is 2. The SMILES string of the molecule is CC(C)(CCn1nccc1C(C)(C)CC1COCCN1C(C)(C)C)c1ccc(F)cc1. The molecular formula is C26H40FN3O. The number of nitrogens with zero attached hydrogens (tertiary/aromatic N) is 3. The molecule has 172 valence electrons. The average Bonchev–Trinajstić information content (AvgIpc) is 3.16. The van der Waals surface area contributed by atoms with Gasteiger partial charge < -0.3 is 4.74 Å². The van der Waals surface area contributed by atoms with Crippen LogP contribution >= 0.6 is 0 Å². The Kier molecular flexibility index (Phi) is 6.97. The number of hydrogen-bond acceptors (Lipinski definition) is 3. The monoisotopic (exact) mass is 429 g/mol. The molecule has 1 aromatic heterocycles. The van der Waals surface area contributed by atoms with E-state index >= 15 is 0 Å². The summed E-state index contributed by atoms with van der Waals surface area (Å²) in [6.07, 6.45) is 3.88. The van der Waals surface area contributed by atoms with Crippen molar-refractivity contribution >= 4 is 0 Å². The molecule has 0 aliphatic carbocycles. The topological polar surface area (TPSA) is 30.3 Å². The molecule has 0 bridgehead atoms. The van der Waals surface area contributed by atoms with Crippen LogP contribution in [0.25, 0.3) is 0 Å². The summed E-state index contributed by atoms with van der Waals surface area (Å²) in [6.45, 7) is 19.4. The lowest BCUT2D eigenvalue weighted by Gasteiger charge is -2.46. The number of rotatable bonds is 7. The van der Waals surface area contributed by atoms with Gasteiger partial charge in [0.05, 0.1) is 13.2 Å². The van der Waals surface area contributed by atoms with Crippen LogP contribution in [-0.2, 0) is 22.1 Å². The van der Waals surface area contributed by atoms with Crippen LogP contribution in [0, 0.1) is 5.82 Å². The Morgan fingerprint density at radius 3 is 2.32 bits per heavy atom. The molecule has 1 saturated heterocycles. The van der Waals surface area contributed by atoms with Gasteiger partial charge in [0.1, 0.15) is 5.82 Å². The molecule has 1 aromatic carbocycles. The summed E-state index contributed by atoms with van der Waals surface area (Å²) in [7, 11) is 0. The third kappa shape index (κ3) is 5.75. The van der Waals surface area contributed by atoms with E-state index in [1.54, 1.807) is 12.1 Å². The lowest BCUT2D eigenvalue weighted by Crippen LogP contribution is -2.55. The maximum absolute atomic E-state index is 13.3. The minimum Gasteiger partial charge on any atom is -0.378 e. The molecule has 2 aromatic rings. The van der Waals surface area contributed by atoms with Gasteiger partial charge in [0.15, 0.2) is 0 Å². The van der Waals surface area contributed by atoms with E-state index in [0.717, 1.165) is 44.7 Å². The molecule has 3 rings (SSSR count). The largest absolute Gasteiger partial charge is 0.378 e. The minimum atomic E-state index is -0.188. The van der Waals surface area contributed by atoms with Gasteiger partial charge in [-0.05, 0) is 62.8 Å². The van der Waals surface area contributed by atoms with Crippen molar-refractivity contribution in [2.24, 2.45) is 0 Å². The molecule has 0 amide bonds. The molecule has 1 fully saturated rings. The van der Waals surface area contributed by atoms with E-state index in [2.05, 4.69) is 69.2 Å². The second-order valence-electron chi connectivity index (χ2n) is 11.3. The first-order valence-corrected chi connectivity index (χ1v) is 11.5. The maximum atomic E-state index is 13.3. The van der Waals surface area contributed by atoms with Crippen molar-refractivity contribution in [2.75, 3.05) is 19.8 Å². The second-order valence-corrected chi connectivity index (χ2v) is 11.3. The molecule has 5 heteroatoms. The van der Waals surface area contributed by atoms with Gasteiger partial charge in [-0.15, -0.1) is 0 Å². The van der Waals surface area contributed by atoms with Crippen LogP contribution < -0.4 is 0 Å². The smallest absolute Gasteiger partial charge is 0.123 e. The maximum Gasteiger partial charge on any atom is 0.123 e. The number of benzene rings is 1. The Labute approximate surface area is 187 Å². The average molecular weight is 430 g/mol. The van der Waals surface area contributed by atoms with Crippen LogP contribution in [0.4, 0.5) is 4.39 Å². The molecule has 1 aliphatic rings. The molecular weight excluding hydrogens is 389 g/mol. The third-order valence-corrected chi connectivity index (χ3v) is 6.82. The first-order chi connectivity index (χ1) is 14.4. The third-order valence-electron chi connectivity index (χ3n) is 6.82. The Morgan fingerprint density at radius 1 is 1.00 bits per heavy atom. The summed E-state index contributed by atoms with van der Waals surface area (Å²) in [5.41, 5.74) is 2.47. The lowest BCUT2D eigenvalue weighted by molar-refractivity contribution is -0.0576. The van der Waals surface area contributed by atoms with Crippen LogP contribution in [-0.4, -0.2) is 46.0 Å². The summed E-state index contributed by atoms with van der Waals surface area (Å²) >= 11 is 0. The summed E-state index contributed by atoms with van der Waals surface area (Å²) in [5, 5.41) is 4.67. The van der Waals surface area contributed by atoms with Gasteiger partial charge in [-0.2, -0.15) is 5.10 Å². The van der Waals surface area contributed by atoms with Crippen LogP contribution in [0.3, 0.4) is 0 Å². The van der Waals surface area contributed by atoms with Gasteiger partial charge in [0.25, 0.3) is 0 Å². The Bertz CT molecular complexity index is 848. The van der Waals surface area contributed by atoms with Crippen LogP contribution in [0.15, 0.2) is 36.5 Å². The van der Waals surface area contributed by atoms with E-state index in [1.807, 2.05) is 18.3 Å². The van der Waals surface area contributed by atoms with E-state index < -0.39 is 0 Å². The molecule has 0 saturated carbocycles. The highest BCUT2D eigenvalue weighted by Crippen LogP contribution is 2.34. The van der Waals surface area contributed by atoms with Gasteiger partial charge in [-0.1, -0.05) is 39.8 Å². The molecule has 1 atom stereocenters. The van der Waals surface area contributed by atoms with Gasteiger partial charge in [0, 0.05) is 42.0 Å². The van der Waals surface area contributed by atoms with Gasteiger partial charge in [-0.25, -0.2) is 4.39 Å². The highest BCUT2D eigenvalue weighted by molar-refractivity contribution is 5.24. The number of halogens is 1. The summed E-state index contributed by atoms with van der Waals surface area (Å²) in [4.78, 5) is 2.59. The highest BCUT2D eigenvalue weighted by Gasteiger charge is 2.37. The normalized spacial score (nSPS) is 19.0. The van der Waals surface area contributed by atoms with Crippen molar-refractivity contribution in [3.8, 4) is 0 Å². The number of aryl methyl sites for hydroxylation is 1. The summed E-state index contributed by atoms with van der Waals surface area (Å²) in [5.74, 6) is -0.188. The highest BCUT2D eigenvalue weighted by atomic mass is 19.1. The number of morpholine rings is 1. The number of hydrogen-bond donors (Lipinski definition) is 0. The van der Waals surface area contributed by atoms with E-state index in [0.29, 0.717) is 6.04 Å². The first kappa shape index (κ1) is 23.9. The zero-order valence-corrected chi connectivity index (χ0v) is 20.4. The van der Waals surface area contributed by atoms with E-state index in [9.17, 15) is 4.39 Å². The van der Waals surface area contributed by atoms with Crippen molar-refractivity contribution < 1.29 is 9.13 Å². The van der Waals surface area contributed by atoms with Gasteiger partial charge >= 0.3 is 0 Å². The van der Waals surface area contributed by atoms with Crippen LogP contribution in [0.1, 0.15) is 72.6 Å². The summed E-state index contributed by atoms with van der Waals surface area (Å²) in [6, 6.07) is 9.44. The standard InChI is InChI=1S/C26H40FN3O/c1-24(2,3)29-16-17-31-19-22(29)18-26(6,7)23-12-14-28-30(23)15-13-25(4,5)20-8-10-21(27)11-9-20/h8-12,14,22H,13,15-19H2,1-7H3. The lowest BCUT2D eigenvalue weighted by atomic mass is 9.80. The fourth-order valence-corrected chi connectivity index (χ4v) is 4.92. The van der Waals surface area contributed by atoms with Crippen molar-refractivity contribution in [1.29, 1.82) is 0 Å². The molecule has 31 heavy (non-hydrogen) atoms. The zero-order valence-electron chi connectivity index (χ0n) is 20.4. The first-order valence-electron chi connectivity index (χ1n) is 11.5. The fourth-order valence-electron chi connectivity index (χ4n) is 4.92. The van der Waals surface area contributed by atoms with Crippen molar-refractivity contribution in [1.82, 2.24) is 14.7 Å². The Morgan fingerprint density at radius 2 is 1.68 bits per heavy atom. The van der Waals surface area contributed by atoms with Crippen molar-refractivity contribution in [3.05, 3.63) is 53.6 Å². The Hall–Kier alpha value is -1.72. The van der Waals surface area contributed by atoms with Crippen molar-refractivity contribution in [2.45, 2.75) is 90.3 Å². The predicted molar refractivity (Wildman–Crippen MR) is 125 cm³/mol. The van der Waals surface area contributed by atoms with Gasteiger partial charge in [-0.3, -0.25) is 9.58 Å². The molecule has 1 unspecified atom stereocenters. The van der Waals surface area contributed by atoms with E-state index in [-0.39, 0.29) is 22.2 Å². The Balaban J connectivity index is 1.73. The van der Waals surface area contributed by atoms with Gasteiger partial charge in [0.2, 0.25) is 0 Å². The molecule has 0 N–H and O–H groups in total. The van der Waals surface area contributed by atoms with E-state index in [1.165, 1.54) is 5.69 Å². The fraction of sp³-hybridized carbons (Fsp3) is 0.654. The second kappa shape index (κ2) is 9.03. The molecule has 2 heterocycles. The quantitative estimate of drug-likeness (QED) is 0.577. The molecule has 1 aliphatic heterocycles. The summed E-state index contributed by atoms with van der Waals surface area (Å²) < 4.78 is 21.4. The minimum absolute atomic E-state index is 0.0224. The predicted octanol–water partition coefficient (Wildman–Crippen LogP) is 5.56. The zero-order chi connectivity index (χ0) is 22.9. The molecule has 0 radical (unpaired) electrons. The number of ether oxygens (including phenoxy) is 1. The molecule has 0 spiro atoms. The van der Waals surface area contributed by atoms with Crippen LogP contribution in [0.2, 0.25) is 0 Å². The molecule has 4 nitrogen and oxygen atoms in total. The van der Waals surface area contributed by atoms with E-state index in [4.69, 9.17) is 4.74 Å². The van der Waals surface area contributed by atoms with Crippen LogP contribution in [0.5, 0.6) is 0 Å². The van der Waals surface area contributed by atoms with Crippen molar-refractivity contribution in [3.63, 3.8) is 0 Å².